The average molecular weight is 454 g/mol. The Balaban J connectivity index is 1.62. The number of ether oxygens (including phenoxy) is 2. The van der Waals surface area contributed by atoms with Gasteiger partial charge in [-0.05, 0) is 28.6 Å². The first-order valence-electron chi connectivity index (χ1n) is 8.74. The lowest BCUT2D eigenvalue weighted by molar-refractivity contribution is -0.137. The Labute approximate surface area is 178 Å². The molecule has 2 aromatic heterocycles. The quantitative estimate of drug-likeness (QED) is 0.518. The molecule has 31 heavy (non-hydrogen) atoms. The molecule has 3 rings (SSSR count). The van der Waals surface area contributed by atoms with Gasteiger partial charge in [-0.3, -0.25) is 9.78 Å². The number of nitrogens with one attached hydrogen (secondary N) is 1. The third-order valence-corrected chi connectivity index (χ3v) is 4.92. The average Bonchev–Trinajstić information content (AvgIpc) is 3.15. The normalized spacial score (nSPS) is 11.3. The molecule has 0 aliphatic heterocycles. The zero-order valence-electron chi connectivity index (χ0n) is 16.4. The molecule has 1 N–H and O–H groups in total. The van der Waals surface area contributed by atoms with E-state index >= 15 is 0 Å². The monoisotopic (exact) mass is 454 g/mol. The van der Waals surface area contributed by atoms with Gasteiger partial charge < -0.3 is 14.8 Å². The molecule has 3 aromatic rings. The summed E-state index contributed by atoms with van der Waals surface area (Å²) in [6.45, 7) is -0.434. The minimum atomic E-state index is -4.50. The summed E-state index contributed by atoms with van der Waals surface area (Å²) >= 11 is 1.36. The number of hydrogen-bond donors (Lipinski definition) is 1. The van der Waals surface area contributed by atoms with Crippen molar-refractivity contribution in [2.75, 3.05) is 19.0 Å². The summed E-state index contributed by atoms with van der Waals surface area (Å²) in [6.07, 6.45) is -3.05. The maximum absolute atomic E-state index is 12.8. The van der Waals surface area contributed by atoms with Gasteiger partial charge in [0.25, 0.3) is 5.91 Å². The first-order valence-corrected chi connectivity index (χ1v) is 9.73. The summed E-state index contributed by atoms with van der Waals surface area (Å²) in [5.41, 5.74) is -0.219. The number of aromatic nitrogens is 5. The van der Waals surface area contributed by atoms with Gasteiger partial charge in [0.05, 0.1) is 24.6 Å². The van der Waals surface area contributed by atoms with Gasteiger partial charge >= 0.3 is 6.18 Å². The molecule has 0 radical (unpaired) electrons. The predicted molar refractivity (Wildman–Crippen MR) is 105 cm³/mol. The molecular formula is C18H17F3N6O3S. The molecule has 0 bridgehead atoms. The molecule has 0 aliphatic carbocycles. The van der Waals surface area contributed by atoms with Crippen LogP contribution in [0.15, 0.2) is 41.7 Å². The van der Waals surface area contributed by atoms with Crippen LogP contribution in [0, 0.1) is 0 Å². The fraction of sp³-hybridized carbons (Fsp3) is 0.278. The number of hydrogen-bond acceptors (Lipinski definition) is 8. The standard InChI is InChI=1S/C18H17F3N6O3S/c1-27-17(24-25-26-27)31-10-13-7-14(15(29-2)8-22-13)30-9-16(28)23-12-5-3-4-11(6-12)18(19,20)21/h3-8H,9-10H2,1-2H3,(H,23,28). The lowest BCUT2D eigenvalue weighted by atomic mass is 10.2. The van der Waals surface area contributed by atoms with Crippen LogP contribution in [-0.4, -0.2) is 44.8 Å². The van der Waals surface area contributed by atoms with Gasteiger partial charge in [-0.1, -0.05) is 17.8 Å². The number of halogens is 3. The Morgan fingerprint density at radius 3 is 2.74 bits per heavy atom. The Kier molecular flexibility index (Phi) is 6.95. The summed E-state index contributed by atoms with van der Waals surface area (Å²) in [6, 6.07) is 5.94. The van der Waals surface area contributed by atoms with Gasteiger partial charge in [0, 0.05) is 24.6 Å². The zero-order chi connectivity index (χ0) is 22.4. The second-order valence-electron chi connectivity index (χ2n) is 6.12. The van der Waals surface area contributed by atoms with Gasteiger partial charge in [0.2, 0.25) is 5.16 Å². The SMILES string of the molecule is COc1cnc(CSc2nnnn2C)cc1OCC(=O)Nc1cccc(C(F)(F)F)c1. The first kappa shape index (κ1) is 22.3. The number of thioether (sulfide) groups is 1. The number of anilines is 1. The van der Waals surface area contributed by atoms with E-state index in [2.05, 4.69) is 25.8 Å². The Morgan fingerprint density at radius 1 is 1.26 bits per heavy atom. The molecule has 0 saturated carbocycles. The Morgan fingerprint density at radius 2 is 2.06 bits per heavy atom. The molecule has 0 aliphatic rings. The van der Waals surface area contributed by atoms with Crippen LogP contribution in [-0.2, 0) is 23.8 Å². The Hall–Kier alpha value is -3.35. The van der Waals surface area contributed by atoms with Crippen molar-refractivity contribution in [2.24, 2.45) is 7.05 Å². The number of nitrogens with zero attached hydrogens (tertiary/aromatic N) is 5. The minimum Gasteiger partial charge on any atom is -0.491 e. The Bertz CT molecular complexity index is 1060. The van der Waals surface area contributed by atoms with Crippen LogP contribution in [0.4, 0.5) is 18.9 Å². The van der Waals surface area contributed by atoms with Gasteiger partial charge in [0.15, 0.2) is 18.1 Å². The van der Waals surface area contributed by atoms with Gasteiger partial charge in [0.1, 0.15) is 0 Å². The second-order valence-corrected chi connectivity index (χ2v) is 7.06. The fourth-order valence-corrected chi connectivity index (χ4v) is 3.16. The molecule has 0 atom stereocenters. The van der Waals surface area contributed by atoms with E-state index in [0.717, 1.165) is 12.1 Å². The summed E-state index contributed by atoms with van der Waals surface area (Å²) in [4.78, 5) is 16.4. The number of carbonyl (C=O) groups excluding carboxylic acids is 1. The number of methoxy groups -OCH3 is 1. The molecule has 164 valence electrons. The van der Waals surface area contributed by atoms with Crippen LogP contribution < -0.4 is 14.8 Å². The van der Waals surface area contributed by atoms with E-state index in [9.17, 15) is 18.0 Å². The molecule has 0 unspecified atom stereocenters. The van der Waals surface area contributed by atoms with Crippen LogP contribution in [0.2, 0.25) is 0 Å². The molecule has 13 heteroatoms. The highest BCUT2D eigenvalue weighted by Gasteiger charge is 2.30. The van der Waals surface area contributed by atoms with Crippen molar-refractivity contribution in [2.45, 2.75) is 17.1 Å². The van der Waals surface area contributed by atoms with Crippen molar-refractivity contribution in [1.82, 2.24) is 25.2 Å². The lowest BCUT2D eigenvalue weighted by Crippen LogP contribution is -2.20. The predicted octanol–water partition coefficient (Wildman–Crippen LogP) is 2.94. The van der Waals surface area contributed by atoms with Crippen LogP contribution in [0.1, 0.15) is 11.3 Å². The van der Waals surface area contributed by atoms with Gasteiger partial charge in [-0.25, -0.2) is 4.68 Å². The third kappa shape index (κ3) is 6.07. The molecule has 9 nitrogen and oxygen atoms in total. The van der Waals surface area contributed by atoms with E-state index in [1.807, 2.05) is 0 Å². The first-order chi connectivity index (χ1) is 14.8. The molecule has 0 saturated heterocycles. The number of pyridine rings is 1. The maximum Gasteiger partial charge on any atom is 0.416 e. The van der Waals surface area contributed by atoms with E-state index in [4.69, 9.17) is 9.47 Å². The highest BCUT2D eigenvalue weighted by atomic mass is 32.2. The highest BCUT2D eigenvalue weighted by Crippen LogP contribution is 2.31. The topological polar surface area (TPSA) is 104 Å². The largest absolute Gasteiger partial charge is 0.491 e. The smallest absolute Gasteiger partial charge is 0.416 e. The van der Waals surface area contributed by atoms with E-state index < -0.39 is 24.3 Å². The lowest BCUT2D eigenvalue weighted by Gasteiger charge is -2.13. The molecule has 2 heterocycles. The third-order valence-electron chi connectivity index (χ3n) is 3.87. The van der Waals surface area contributed by atoms with Crippen LogP contribution in [0.5, 0.6) is 11.5 Å². The van der Waals surface area contributed by atoms with Crippen molar-refractivity contribution in [3.05, 3.63) is 47.8 Å². The van der Waals surface area contributed by atoms with Crippen LogP contribution >= 0.6 is 11.8 Å². The molecular weight excluding hydrogens is 437 g/mol. The van der Waals surface area contributed by atoms with E-state index in [-0.39, 0.29) is 11.4 Å². The number of alkyl halides is 3. The number of amides is 1. The van der Waals surface area contributed by atoms with Gasteiger partial charge in [-0.15, -0.1) is 5.10 Å². The second kappa shape index (κ2) is 9.64. The highest BCUT2D eigenvalue weighted by molar-refractivity contribution is 7.98. The minimum absolute atomic E-state index is 0.0134. The van der Waals surface area contributed by atoms with Crippen molar-refractivity contribution in [1.29, 1.82) is 0 Å². The van der Waals surface area contributed by atoms with Gasteiger partial charge in [-0.2, -0.15) is 13.2 Å². The van der Waals surface area contributed by atoms with Crippen molar-refractivity contribution >= 4 is 23.4 Å². The van der Waals surface area contributed by atoms with Crippen LogP contribution in [0.3, 0.4) is 0 Å². The number of carbonyl (C=O) groups is 1. The maximum atomic E-state index is 12.8. The summed E-state index contributed by atoms with van der Waals surface area (Å²) < 4.78 is 50.6. The van der Waals surface area contributed by atoms with E-state index in [1.165, 1.54) is 41.9 Å². The summed E-state index contributed by atoms with van der Waals surface area (Å²) in [7, 11) is 3.13. The molecule has 0 fully saturated rings. The zero-order valence-corrected chi connectivity index (χ0v) is 17.2. The molecule has 1 amide bonds. The van der Waals surface area contributed by atoms with Crippen molar-refractivity contribution < 1.29 is 27.4 Å². The number of rotatable bonds is 8. The number of benzene rings is 1. The van der Waals surface area contributed by atoms with Crippen molar-refractivity contribution in [3.8, 4) is 11.5 Å². The molecule has 0 spiro atoms. The van der Waals surface area contributed by atoms with Crippen LogP contribution in [0.25, 0.3) is 0 Å². The summed E-state index contributed by atoms with van der Waals surface area (Å²) in [5.74, 6) is 0.383. The fourth-order valence-electron chi connectivity index (χ4n) is 2.41. The van der Waals surface area contributed by atoms with Crippen molar-refractivity contribution in [3.63, 3.8) is 0 Å². The number of tetrazole rings is 1. The van der Waals surface area contributed by atoms with E-state index in [1.54, 1.807) is 13.1 Å². The number of aryl methyl sites for hydroxylation is 1. The summed E-state index contributed by atoms with van der Waals surface area (Å²) in [5, 5.41) is 14.1. The molecule has 1 aromatic carbocycles. The van der Waals surface area contributed by atoms with E-state index in [0.29, 0.717) is 22.4 Å².